The van der Waals surface area contributed by atoms with Gasteiger partial charge in [-0.05, 0) is 17.7 Å². The standard InChI is InChI=1S/C9H9ClF3N/c10-7-3-1-6(2-4-7)8(5-14)9(11,12)13/h1-4,8H,5,14H2/t8-/m1/s1. The van der Waals surface area contributed by atoms with E-state index >= 15 is 0 Å². The van der Waals surface area contributed by atoms with Crippen molar-refractivity contribution in [1.29, 1.82) is 0 Å². The molecule has 0 unspecified atom stereocenters. The van der Waals surface area contributed by atoms with Crippen molar-refractivity contribution in [3.63, 3.8) is 0 Å². The monoisotopic (exact) mass is 223 g/mol. The molecule has 0 amide bonds. The lowest BCUT2D eigenvalue weighted by atomic mass is 9.99. The highest BCUT2D eigenvalue weighted by molar-refractivity contribution is 6.30. The van der Waals surface area contributed by atoms with Gasteiger partial charge >= 0.3 is 6.18 Å². The number of benzene rings is 1. The summed E-state index contributed by atoms with van der Waals surface area (Å²) in [6, 6.07) is 5.53. The molecule has 0 heterocycles. The van der Waals surface area contributed by atoms with Crippen LogP contribution in [-0.4, -0.2) is 12.7 Å². The van der Waals surface area contributed by atoms with E-state index in [2.05, 4.69) is 0 Å². The molecule has 1 aromatic carbocycles. The van der Waals surface area contributed by atoms with E-state index in [0.717, 1.165) is 0 Å². The van der Waals surface area contributed by atoms with E-state index < -0.39 is 18.6 Å². The van der Waals surface area contributed by atoms with Crippen LogP contribution in [0.2, 0.25) is 5.02 Å². The van der Waals surface area contributed by atoms with E-state index in [1.807, 2.05) is 0 Å². The summed E-state index contributed by atoms with van der Waals surface area (Å²) in [5.74, 6) is -1.61. The first-order valence-electron chi connectivity index (χ1n) is 3.97. The molecular formula is C9H9ClF3N. The number of hydrogen-bond acceptors (Lipinski definition) is 1. The molecule has 1 atom stereocenters. The molecule has 2 N–H and O–H groups in total. The highest BCUT2D eigenvalue weighted by Gasteiger charge is 2.39. The molecule has 0 fully saturated rings. The predicted molar refractivity (Wildman–Crippen MR) is 49.3 cm³/mol. The minimum absolute atomic E-state index is 0.143. The van der Waals surface area contributed by atoms with Crippen molar-refractivity contribution >= 4 is 11.6 Å². The molecule has 14 heavy (non-hydrogen) atoms. The molecule has 5 heteroatoms. The first-order chi connectivity index (χ1) is 6.45. The Kier molecular flexibility index (Phi) is 3.39. The zero-order valence-electron chi connectivity index (χ0n) is 7.18. The van der Waals surface area contributed by atoms with Gasteiger partial charge < -0.3 is 5.73 Å². The van der Waals surface area contributed by atoms with E-state index in [1.165, 1.54) is 24.3 Å². The molecule has 0 radical (unpaired) electrons. The van der Waals surface area contributed by atoms with Crippen molar-refractivity contribution in [3.05, 3.63) is 34.9 Å². The Morgan fingerprint density at radius 3 is 2.07 bits per heavy atom. The van der Waals surface area contributed by atoms with Gasteiger partial charge in [0, 0.05) is 11.6 Å². The van der Waals surface area contributed by atoms with Crippen LogP contribution in [-0.2, 0) is 0 Å². The number of rotatable bonds is 2. The number of hydrogen-bond donors (Lipinski definition) is 1. The first kappa shape index (κ1) is 11.3. The summed E-state index contributed by atoms with van der Waals surface area (Å²) in [5.41, 5.74) is 5.22. The van der Waals surface area contributed by atoms with Gasteiger partial charge in [0.15, 0.2) is 0 Å². The maximum absolute atomic E-state index is 12.4. The van der Waals surface area contributed by atoms with Gasteiger partial charge in [0.2, 0.25) is 0 Å². The third kappa shape index (κ3) is 2.62. The van der Waals surface area contributed by atoms with Gasteiger partial charge in [-0.1, -0.05) is 23.7 Å². The third-order valence-corrected chi connectivity index (χ3v) is 2.16. The van der Waals surface area contributed by atoms with E-state index in [1.54, 1.807) is 0 Å². The van der Waals surface area contributed by atoms with E-state index in [0.29, 0.717) is 5.02 Å². The quantitative estimate of drug-likeness (QED) is 0.820. The molecule has 78 valence electrons. The molecule has 1 nitrogen and oxygen atoms in total. The van der Waals surface area contributed by atoms with Gasteiger partial charge in [-0.25, -0.2) is 0 Å². The fourth-order valence-electron chi connectivity index (χ4n) is 1.15. The summed E-state index contributed by atoms with van der Waals surface area (Å²) in [6.07, 6.45) is -4.30. The Labute approximate surface area is 84.7 Å². The van der Waals surface area contributed by atoms with Gasteiger partial charge in [-0.15, -0.1) is 0 Å². The topological polar surface area (TPSA) is 26.0 Å². The molecule has 0 aliphatic carbocycles. The van der Waals surface area contributed by atoms with Crippen LogP contribution in [0.3, 0.4) is 0 Å². The Morgan fingerprint density at radius 2 is 1.71 bits per heavy atom. The van der Waals surface area contributed by atoms with E-state index in [4.69, 9.17) is 17.3 Å². The fourth-order valence-corrected chi connectivity index (χ4v) is 1.28. The second kappa shape index (κ2) is 4.19. The maximum Gasteiger partial charge on any atom is 0.396 e. The van der Waals surface area contributed by atoms with Crippen LogP contribution in [0.1, 0.15) is 11.5 Å². The highest BCUT2D eigenvalue weighted by atomic mass is 35.5. The molecule has 0 saturated carbocycles. The summed E-state index contributed by atoms with van der Waals surface area (Å²) < 4.78 is 37.2. The smallest absolute Gasteiger partial charge is 0.330 e. The summed E-state index contributed by atoms with van der Waals surface area (Å²) in [4.78, 5) is 0. The third-order valence-electron chi connectivity index (χ3n) is 1.90. The zero-order valence-corrected chi connectivity index (χ0v) is 7.94. The lowest BCUT2D eigenvalue weighted by Crippen LogP contribution is -2.27. The number of nitrogens with two attached hydrogens (primary N) is 1. The molecule has 0 saturated heterocycles. The molecular weight excluding hydrogens is 215 g/mol. The molecule has 1 rings (SSSR count). The summed E-state index contributed by atoms with van der Waals surface area (Å²) in [7, 11) is 0. The summed E-state index contributed by atoms with van der Waals surface area (Å²) in [6.45, 7) is -0.453. The predicted octanol–water partition coefficient (Wildman–Crippen LogP) is 2.94. The minimum atomic E-state index is -4.30. The van der Waals surface area contributed by atoms with Crippen LogP contribution in [0.25, 0.3) is 0 Å². The lowest BCUT2D eigenvalue weighted by molar-refractivity contribution is -0.148. The lowest BCUT2D eigenvalue weighted by Gasteiger charge is -2.18. The van der Waals surface area contributed by atoms with Gasteiger partial charge in [0.1, 0.15) is 0 Å². The Morgan fingerprint density at radius 1 is 1.21 bits per heavy atom. The molecule has 0 aliphatic rings. The van der Waals surface area contributed by atoms with Gasteiger partial charge in [0.25, 0.3) is 0 Å². The SMILES string of the molecule is NC[C@H](c1ccc(Cl)cc1)C(F)(F)F. The van der Waals surface area contributed by atoms with Crippen molar-refractivity contribution in [2.45, 2.75) is 12.1 Å². The fraction of sp³-hybridized carbons (Fsp3) is 0.333. The van der Waals surface area contributed by atoms with Gasteiger partial charge in [-0.2, -0.15) is 13.2 Å². The van der Waals surface area contributed by atoms with Crippen LogP contribution in [0.4, 0.5) is 13.2 Å². The van der Waals surface area contributed by atoms with Crippen LogP contribution in [0.5, 0.6) is 0 Å². The van der Waals surface area contributed by atoms with Crippen molar-refractivity contribution in [3.8, 4) is 0 Å². The second-order valence-corrected chi connectivity index (χ2v) is 3.32. The minimum Gasteiger partial charge on any atom is -0.330 e. The van der Waals surface area contributed by atoms with Crippen LogP contribution in [0.15, 0.2) is 24.3 Å². The Hall–Kier alpha value is -0.740. The van der Waals surface area contributed by atoms with Gasteiger partial charge in [0.05, 0.1) is 5.92 Å². The molecule has 0 spiro atoms. The zero-order chi connectivity index (χ0) is 10.8. The highest BCUT2D eigenvalue weighted by Crippen LogP contribution is 2.34. The van der Waals surface area contributed by atoms with Crippen LogP contribution in [0, 0.1) is 0 Å². The molecule has 0 aliphatic heterocycles. The Balaban J connectivity index is 2.96. The van der Waals surface area contributed by atoms with Crippen molar-refractivity contribution in [2.75, 3.05) is 6.54 Å². The first-order valence-corrected chi connectivity index (χ1v) is 4.35. The van der Waals surface area contributed by atoms with E-state index in [9.17, 15) is 13.2 Å². The van der Waals surface area contributed by atoms with Crippen molar-refractivity contribution in [2.24, 2.45) is 5.73 Å². The maximum atomic E-state index is 12.4. The molecule has 0 aromatic heterocycles. The van der Waals surface area contributed by atoms with E-state index in [-0.39, 0.29) is 5.56 Å². The van der Waals surface area contributed by atoms with Crippen LogP contribution >= 0.6 is 11.6 Å². The van der Waals surface area contributed by atoms with Crippen molar-refractivity contribution in [1.82, 2.24) is 0 Å². The summed E-state index contributed by atoms with van der Waals surface area (Å²) in [5, 5.41) is 0.409. The molecule has 1 aromatic rings. The summed E-state index contributed by atoms with van der Waals surface area (Å²) >= 11 is 5.56. The normalized spacial score (nSPS) is 14.1. The van der Waals surface area contributed by atoms with Gasteiger partial charge in [-0.3, -0.25) is 0 Å². The molecule has 0 bridgehead atoms. The number of alkyl halides is 3. The number of halogens is 4. The average Bonchev–Trinajstić information content (AvgIpc) is 2.07. The average molecular weight is 224 g/mol. The Bertz CT molecular complexity index is 294. The largest absolute Gasteiger partial charge is 0.396 e. The second-order valence-electron chi connectivity index (χ2n) is 2.88. The van der Waals surface area contributed by atoms with Crippen LogP contribution < -0.4 is 5.73 Å². The van der Waals surface area contributed by atoms with Crippen molar-refractivity contribution < 1.29 is 13.2 Å².